The van der Waals surface area contributed by atoms with E-state index in [4.69, 9.17) is 18.9 Å². The average molecular weight is 405 g/mol. The van der Waals surface area contributed by atoms with Crippen molar-refractivity contribution in [3.05, 3.63) is 23.8 Å². The number of hydrogen-bond donors (Lipinski definition) is 2. The minimum Gasteiger partial charge on any atom is -0.454 e. The van der Waals surface area contributed by atoms with Crippen LogP contribution in [0.5, 0.6) is 11.5 Å². The van der Waals surface area contributed by atoms with Crippen LogP contribution in [0.2, 0.25) is 0 Å². The molecule has 2 N–H and O–H groups in total. The van der Waals surface area contributed by atoms with Gasteiger partial charge in [0.1, 0.15) is 6.10 Å². The number of rotatable bonds is 4. The van der Waals surface area contributed by atoms with Crippen LogP contribution >= 0.6 is 0 Å². The summed E-state index contributed by atoms with van der Waals surface area (Å²) in [5.41, 5.74) is 1.05. The molecular weight excluding hydrogens is 378 g/mol. The number of fused-ring (bicyclic) bond motifs is 3. The lowest BCUT2D eigenvalue weighted by Gasteiger charge is -2.46. The third kappa shape index (κ3) is 3.57. The summed E-state index contributed by atoms with van der Waals surface area (Å²) in [4.78, 5) is 15.6. The van der Waals surface area contributed by atoms with Gasteiger partial charge in [-0.3, -0.25) is 9.69 Å². The molecule has 3 saturated heterocycles. The lowest BCUT2D eigenvalue weighted by molar-refractivity contribution is -0.186. The maximum absolute atomic E-state index is 11.6. The molecule has 1 aromatic rings. The van der Waals surface area contributed by atoms with E-state index >= 15 is 0 Å². The second-order valence-electron chi connectivity index (χ2n) is 7.99. The second-order valence-corrected chi connectivity index (χ2v) is 7.99. The average Bonchev–Trinajstić information content (AvgIpc) is 3.36. The van der Waals surface area contributed by atoms with Gasteiger partial charge in [-0.1, -0.05) is 6.07 Å². The van der Waals surface area contributed by atoms with E-state index in [-0.39, 0.29) is 30.9 Å². The molecule has 1 aromatic carbocycles. The highest BCUT2D eigenvalue weighted by molar-refractivity contribution is 5.73. The summed E-state index contributed by atoms with van der Waals surface area (Å²) in [5.74, 6) is 1.59. The quantitative estimate of drug-likeness (QED) is 0.694. The molecule has 5 atom stereocenters. The zero-order valence-corrected chi connectivity index (χ0v) is 16.5. The molecule has 3 fully saturated rings. The Balaban J connectivity index is 1.25. The zero-order chi connectivity index (χ0) is 20.0. The number of aliphatic hydroxyl groups is 1. The maximum Gasteiger partial charge on any atom is 0.231 e. The number of carbonyl (C=O) groups is 1. The number of nitrogens with zero attached hydrogens (tertiary/aromatic N) is 2. The summed E-state index contributed by atoms with van der Waals surface area (Å²) in [6.45, 7) is 5.59. The predicted molar refractivity (Wildman–Crippen MR) is 101 cm³/mol. The molecule has 0 saturated carbocycles. The summed E-state index contributed by atoms with van der Waals surface area (Å²) in [6, 6.07) is 5.35. The van der Waals surface area contributed by atoms with Gasteiger partial charge in [0.2, 0.25) is 12.7 Å². The molecule has 5 rings (SSSR count). The molecule has 1 amide bonds. The van der Waals surface area contributed by atoms with Gasteiger partial charge in [0.25, 0.3) is 0 Å². The Hall–Kier alpha value is -1.91. The Bertz CT molecular complexity index is 769. The first-order chi connectivity index (χ1) is 14.1. The van der Waals surface area contributed by atoms with Gasteiger partial charge in [-0.25, -0.2) is 0 Å². The maximum atomic E-state index is 11.6. The lowest BCUT2D eigenvalue weighted by atomic mass is 9.94. The fourth-order valence-corrected chi connectivity index (χ4v) is 4.66. The van der Waals surface area contributed by atoms with Crippen LogP contribution in [0.15, 0.2) is 18.2 Å². The van der Waals surface area contributed by atoms with Crippen molar-refractivity contribution in [1.29, 1.82) is 0 Å². The fraction of sp³-hybridized carbons (Fsp3) is 0.650. The van der Waals surface area contributed by atoms with Crippen molar-refractivity contribution in [3.63, 3.8) is 0 Å². The van der Waals surface area contributed by atoms with Crippen LogP contribution in [-0.2, 0) is 20.8 Å². The molecule has 0 spiro atoms. The van der Waals surface area contributed by atoms with Crippen molar-refractivity contribution in [3.8, 4) is 11.5 Å². The summed E-state index contributed by atoms with van der Waals surface area (Å²) in [7, 11) is 0. The van der Waals surface area contributed by atoms with Crippen molar-refractivity contribution >= 4 is 5.91 Å². The Morgan fingerprint density at radius 1 is 1.21 bits per heavy atom. The third-order valence-corrected chi connectivity index (χ3v) is 6.29. The molecule has 29 heavy (non-hydrogen) atoms. The predicted octanol–water partition coefficient (Wildman–Crippen LogP) is -0.478. The smallest absolute Gasteiger partial charge is 0.231 e. The lowest BCUT2D eigenvalue weighted by Crippen LogP contribution is -2.66. The van der Waals surface area contributed by atoms with Crippen molar-refractivity contribution in [2.24, 2.45) is 0 Å². The number of hydrogen-bond acceptors (Lipinski definition) is 8. The highest BCUT2D eigenvalue weighted by Crippen LogP contribution is 2.34. The molecule has 9 heteroatoms. The molecule has 0 aromatic heterocycles. The largest absolute Gasteiger partial charge is 0.454 e. The van der Waals surface area contributed by atoms with Crippen molar-refractivity contribution in [1.82, 2.24) is 15.1 Å². The number of ether oxygens (including phenoxy) is 4. The van der Waals surface area contributed by atoms with Crippen LogP contribution in [0.3, 0.4) is 0 Å². The Kier molecular flexibility index (Phi) is 5.09. The van der Waals surface area contributed by atoms with Crippen LogP contribution in [0.25, 0.3) is 0 Å². The Labute approximate surface area is 169 Å². The minimum atomic E-state index is -0.626. The number of benzene rings is 1. The van der Waals surface area contributed by atoms with Gasteiger partial charge in [-0.2, -0.15) is 0 Å². The molecule has 4 aliphatic rings. The van der Waals surface area contributed by atoms with E-state index in [0.29, 0.717) is 39.3 Å². The van der Waals surface area contributed by atoms with Gasteiger partial charge in [-0.05, 0) is 17.7 Å². The van der Waals surface area contributed by atoms with Crippen LogP contribution in [0.4, 0.5) is 0 Å². The van der Waals surface area contributed by atoms with Crippen molar-refractivity contribution in [2.75, 3.05) is 39.6 Å². The Morgan fingerprint density at radius 3 is 2.79 bits per heavy atom. The van der Waals surface area contributed by atoms with E-state index in [9.17, 15) is 9.90 Å². The van der Waals surface area contributed by atoms with Gasteiger partial charge >= 0.3 is 0 Å². The van der Waals surface area contributed by atoms with E-state index < -0.39 is 12.4 Å². The standard InChI is InChI=1S/C20H27N3O6/c1-12(24)22-4-6-23(7-5-22)18-19(25)17(16-10-26-20(18)29-16)21-9-13-2-3-14-15(8-13)28-11-27-14/h2-3,8,16-21,25H,4-7,9-11H2,1H3/t16-,17+,18-,19-,20+/m0/s1. The van der Waals surface area contributed by atoms with Crippen molar-refractivity contribution in [2.45, 2.75) is 44.1 Å². The molecule has 2 bridgehead atoms. The normalized spacial score (nSPS) is 33.9. The number of nitrogens with one attached hydrogen (secondary N) is 1. The number of piperazine rings is 1. The van der Waals surface area contributed by atoms with E-state index in [0.717, 1.165) is 17.1 Å². The van der Waals surface area contributed by atoms with Crippen LogP contribution in [0, 0.1) is 0 Å². The summed E-state index contributed by atoms with van der Waals surface area (Å²) in [5, 5.41) is 14.6. The summed E-state index contributed by atoms with van der Waals surface area (Å²) in [6.07, 6.45) is -1.24. The highest BCUT2D eigenvalue weighted by atomic mass is 16.7. The summed E-state index contributed by atoms with van der Waals surface area (Å²) >= 11 is 0. The van der Waals surface area contributed by atoms with Gasteiger partial charge in [0, 0.05) is 39.6 Å². The number of carbonyl (C=O) groups excluding carboxylic acids is 1. The first kappa shape index (κ1) is 19.1. The van der Waals surface area contributed by atoms with E-state index in [1.807, 2.05) is 23.1 Å². The third-order valence-electron chi connectivity index (χ3n) is 6.29. The van der Waals surface area contributed by atoms with Gasteiger partial charge in [-0.15, -0.1) is 0 Å². The molecule has 0 radical (unpaired) electrons. The van der Waals surface area contributed by atoms with Crippen molar-refractivity contribution < 1.29 is 28.8 Å². The molecule has 0 aliphatic carbocycles. The molecule has 4 aliphatic heterocycles. The van der Waals surface area contributed by atoms with Crippen LogP contribution in [0.1, 0.15) is 12.5 Å². The first-order valence-electron chi connectivity index (χ1n) is 10.2. The van der Waals surface area contributed by atoms with E-state index in [1.165, 1.54) is 0 Å². The van der Waals surface area contributed by atoms with Crippen LogP contribution < -0.4 is 14.8 Å². The minimum absolute atomic E-state index is 0.0885. The zero-order valence-electron chi connectivity index (χ0n) is 16.5. The first-order valence-corrected chi connectivity index (χ1v) is 10.2. The SMILES string of the molecule is CC(=O)N1CCN([C@@H]2[C@@H]3OC[C@H](O3)[C@@H](NCc3ccc4c(c3)OCO4)[C@@H]2O)CC1. The van der Waals surface area contributed by atoms with E-state index in [1.54, 1.807) is 6.92 Å². The topological polar surface area (TPSA) is 92.7 Å². The molecule has 0 unspecified atom stereocenters. The molecule has 158 valence electrons. The number of amides is 1. The van der Waals surface area contributed by atoms with Crippen LogP contribution in [-0.4, -0.2) is 91.0 Å². The summed E-state index contributed by atoms with van der Waals surface area (Å²) < 4.78 is 22.7. The van der Waals surface area contributed by atoms with Gasteiger partial charge in [0.15, 0.2) is 17.8 Å². The fourth-order valence-electron chi connectivity index (χ4n) is 4.66. The molecule has 9 nitrogen and oxygen atoms in total. The molecule has 4 heterocycles. The van der Waals surface area contributed by atoms with Gasteiger partial charge in [0.05, 0.1) is 24.8 Å². The monoisotopic (exact) mass is 405 g/mol. The highest BCUT2D eigenvalue weighted by Gasteiger charge is 2.52. The molecular formula is C20H27N3O6. The number of aliphatic hydroxyl groups excluding tert-OH is 1. The van der Waals surface area contributed by atoms with Gasteiger partial charge < -0.3 is 34.3 Å². The second kappa shape index (κ2) is 7.73. The van der Waals surface area contributed by atoms with E-state index in [2.05, 4.69) is 10.2 Å². The Morgan fingerprint density at radius 2 is 2.00 bits per heavy atom.